The Bertz CT molecular complexity index is 304. The summed E-state index contributed by atoms with van der Waals surface area (Å²) in [5.74, 6) is -0.994. The second-order valence-electron chi connectivity index (χ2n) is 4.71. The van der Waals surface area contributed by atoms with Crippen LogP contribution in [0.4, 0.5) is 4.79 Å². The van der Waals surface area contributed by atoms with Gasteiger partial charge in [-0.2, -0.15) is 0 Å². The predicted molar refractivity (Wildman–Crippen MR) is 61.9 cm³/mol. The van der Waals surface area contributed by atoms with Crippen molar-refractivity contribution in [2.24, 2.45) is 0 Å². The van der Waals surface area contributed by atoms with Crippen molar-refractivity contribution >= 4 is 12.0 Å². The zero-order chi connectivity index (χ0) is 13.1. The Balaban J connectivity index is 2.75. The van der Waals surface area contributed by atoms with Crippen molar-refractivity contribution < 1.29 is 19.4 Å². The van der Waals surface area contributed by atoms with Crippen LogP contribution in [-0.4, -0.2) is 65.3 Å². The maximum absolute atomic E-state index is 12.2. The van der Waals surface area contributed by atoms with Crippen molar-refractivity contribution in [2.45, 2.75) is 26.3 Å². The minimum atomic E-state index is -0.994. The molecule has 0 saturated carbocycles. The Hall–Kier alpha value is -1.30. The molecular formula is C11H20N2O4. The number of carboxylic acids is 1. The van der Waals surface area contributed by atoms with Crippen LogP contribution in [0.2, 0.25) is 0 Å². The molecule has 0 unspecified atom stereocenters. The number of morpholine rings is 1. The molecule has 0 aromatic carbocycles. The maximum Gasteiger partial charge on any atom is 0.323 e. The van der Waals surface area contributed by atoms with Crippen molar-refractivity contribution in [3.8, 4) is 0 Å². The summed E-state index contributed by atoms with van der Waals surface area (Å²) in [6.45, 7) is 7.21. The lowest BCUT2D eigenvalue weighted by Crippen LogP contribution is -2.59. The summed E-state index contributed by atoms with van der Waals surface area (Å²) in [5, 5.41) is 8.76. The van der Waals surface area contributed by atoms with Crippen molar-refractivity contribution in [3.63, 3.8) is 0 Å². The van der Waals surface area contributed by atoms with Crippen LogP contribution in [0.15, 0.2) is 0 Å². The number of carboxylic acid groups (broad SMARTS) is 1. The van der Waals surface area contributed by atoms with Gasteiger partial charge in [0.15, 0.2) is 0 Å². The zero-order valence-electron chi connectivity index (χ0n) is 10.6. The Labute approximate surface area is 101 Å². The fourth-order valence-corrected chi connectivity index (χ4v) is 1.86. The van der Waals surface area contributed by atoms with E-state index in [0.717, 1.165) is 0 Å². The third-order valence-electron chi connectivity index (χ3n) is 2.85. The molecule has 98 valence electrons. The van der Waals surface area contributed by atoms with E-state index in [9.17, 15) is 9.59 Å². The first-order valence-corrected chi connectivity index (χ1v) is 5.74. The molecule has 0 aromatic heterocycles. The van der Waals surface area contributed by atoms with E-state index in [1.54, 1.807) is 11.8 Å². The largest absolute Gasteiger partial charge is 0.480 e. The van der Waals surface area contributed by atoms with Crippen molar-refractivity contribution in [3.05, 3.63) is 0 Å². The molecular weight excluding hydrogens is 224 g/mol. The van der Waals surface area contributed by atoms with Gasteiger partial charge >= 0.3 is 12.0 Å². The summed E-state index contributed by atoms with van der Waals surface area (Å²) >= 11 is 0. The normalized spacial score (nSPS) is 18.9. The predicted octanol–water partition coefficient (Wildman–Crippen LogP) is 0.624. The quantitative estimate of drug-likeness (QED) is 0.790. The molecule has 0 bridgehead atoms. The fourth-order valence-electron chi connectivity index (χ4n) is 1.86. The summed E-state index contributed by atoms with van der Waals surface area (Å²) in [5.41, 5.74) is -0.388. The average Bonchev–Trinajstić information content (AvgIpc) is 2.24. The molecule has 0 aromatic rings. The standard InChI is InChI=1S/C11H20N2O4/c1-4-12(7-9(14)15)10(16)13-5-6-17-8-11(13,2)3/h4-8H2,1-3H3,(H,14,15). The summed E-state index contributed by atoms with van der Waals surface area (Å²) in [6, 6.07) is -0.233. The molecule has 1 heterocycles. The molecule has 17 heavy (non-hydrogen) atoms. The number of amides is 2. The SMILES string of the molecule is CCN(CC(=O)O)C(=O)N1CCOCC1(C)C. The van der Waals surface area contributed by atoms with E-state index in [1.807, 2.05) is 13.8 Å². The number of hydrogen-bond donors (Lipinski definition) is 1. The number of carbonyl (C=O) groups is 2. The van der Waals surface area contributed by atoms with Gasteiger partial charge in [-0.1, -0.05) is 0 Å². The molecule has 1 saturated heterocycles. The van der Waals surface area contributed by atoms with Crippen LogP contribution in [0.25, 0.3) is 0 Å². The number of nitrogens with zero attached hydrogens (tertiary/aromatic N) is 2. The van der Waals surface area contributed by atoms with Gasteiger partial charge in [0.2, 0.25) is 0 Å². The lowest BCUT2D eigenvalue weighted by molar-refractivity contribution is -0.138. The molecule has 0 radical (unpaired) electrons. The number of hydrogen-bond acceptors (Lipinski definition) is 3. The molecule has 0 spiro atoms. The number of aliphatic carboxylic acids is 1. The van der Waals surface area contributed by atoms with Gasteiger partial charge in [-0.3, -0.25) is 4.79 Å². The van der Waals surface area contributed by atoms with Crippen molar-refractivity contribution in [1.29, 1.82) is 0 Å². The smallest absolute Gasteiger partial charge is 0.323 e. The van der Waals surface area contributed by atoms with E-state index < -0.39 is 5.97 Å². The molecule has 1 aliphatic rings. The average molecular weight is 244 g/mol. The second-order valence-corrected chi connectivity index (χ2v) is 4.71. The van der Waals surface area contributed by atoms with E-state index in [4.69, 9.17) is 9.84 Å². The summed E-state index contributed by atoms with van der Waals surface area (Å²) < 4.78 is 5.33. The number of rotatable bonds is 3. The molecule has 1 fully saturated rings. The van der Waals surface area contributed by atoms with E-state index in [0.29, 0.717) is 26.3 Å². The number of likely N-dealkylation sites (N-methyl/N-ethyl adjacent to an activating group) is 1. The van der Waals surface area contributed by atoms with Gasteiger partial charge in [-0.15, -0.1) is 0 Å². The van der Waals surface area contributed by atoms with Gasteiger partial charge < -0.3 is 19.6 Å². The monoisotopic (exact) mass is 244 g/mol. The Kier molecular flexibility index (Phi) is 4.34. The highest BCUT2D eigenvalue weighted by molar-refractivity contribution is 5.80. The summed E-state index contributed by atoms with van der Waals surface area (Å²) in [4.78, 5) is 25.9. The number of urea groups is 1. The minimum absolute atomic E-state index is 0.233. The molecule has 1 N–H and O–H groups in total. The highest BCUT2D eigenvalue weighted by atomic mass is 16.5. The first-order chi connectivity index (χ1) is 7.88. The molecule has 1 rings (SSSR count). The molecule has 2 amide bonds. The van der Waals surface area contributed by atoms with E-state index in [-0.39, 0.29) is 18.1 Å². The van der Waals surface area contributed by atoms with Crippen LogP contribution < -0.4 is 0 Å². The highest BCUT2D eigenvalue weighted by Gasteiger charge is 2.36. The van der Waals surface area contributed by atoms with E-state index in [1.165, 1.54) is 4.90 Å². The molecule has 1 aliphatic heterocycles. The van der Waals surface area contributed by atoms with Crippen LogP contribution >= 0.6 is 0 Å². The van der Waals surface area contributed by atoms with E-state index >= 15 is 0 Å². The minimum Gasteiger partial charge on any atom is -0.480 e. The number of carbonyl (C=O) groups excluding carboxylic acids is 1. The Morgan fingerprint density at radius 2 is 2.12 bits per heavy atom. The van der Waals surface area contributed by atoms with Crippen LogP contribution in [-0.2, 0) is 9.53 Å². The second kappa shape index (κ2) is 5.35. The summed E-state index contributed by atoms with van der Waals surface area (Å²) in [6.07, 6.45) is 0. The first kappa shape index (κ1) is 13.8. The highest BCUT2D eigenvalue weighted by Crippen LogP contribution is 2.20. The van der Waals surface area contributed by atoms with E-state index in [2.05, 4.69) is 0 Å². The van der Waals surface area contributed by atoms with Crippen LogP contribution in [0.3, 0.4) is 0 Å². The number of ether oxygens (including phenoxy) is 1. The van der Waals surface area contributed by atoms with Gasteiger partial charge in [0.1, 0.15) is 6.54 Å². The maximum atomic E-state index is 12.2. The first-order valence-electron chi connectivity index (χ1n) is 5.74. The van der Waals surface area contributed by atoms with Crippen LogP contribution in [0, 0.1) is 0 Å². The lowest BCUT2D eigenvalue weighted by atomic mass is 10.0. The van der Waals surface area contributed by atoms with Gasteiger partial charge in [-0.05, 0) is 20.8 Å². The zero-order valence-corrected chi connectivity index (χ0v) is 10.6. The van der Waals surface area contributed by atoms with Crippen molar-refractivity contribution in [1.82, 2.24) is 9.80 Å². The van der Waals surface area contributed by atoms with Gasteiger partial charge in [0.05, 0.1) is 18.8 Å². The van der Waals surface area contributed by atoms with Crippen molar-refractivity contribution in [2.75, 3.05) is 32.8 Å². The molecule has 0 aliphatic carbocycles. The van der Waals surface area contributed by atoms with Gasteiger partial charge in [0, 0.05) is 13.1 Å². The third kappa shape index (κ3) is 3.33. The molecule has 6 heteroatoms. The molecule has 6 nitrogen and oxygen atoms in total. The fraction of sp³-hybridized carbons (Fsp3) is 0.818. The molecule has 0 atom stereocenters. The van der Waals surface area contributed by atoms with Crippen LogP contribution in [0.1, 0.15) is 20.8 Å². The van der Waals surface area contributed by atoms with Gasteiger partial charge in [0.25, 0.3) is 0 Å². The summed E-state index contributed by atoms with van der Waals surface area (Å²) in [7, 11) is 0. The lowest BCUT2D eigenvalue weighted by Gasteiger charge is -2.43. The van der Waals surface area contributed by atoms with Crippen LogP contribution in [0.5, 0.6) is 0 Å². The van der Waals surface area contributed by atoms with Gasteiger partial charge in [-0.25, -0.2) is 4.79 Å². The Morgan fingerprint density at radius 1 is 1.47 bits per heavy atom. The Morgan fingerprint density at radius 3 is 2.59 bits per heavy atom. The third-order valence-corrected chi connectivity index (χ3v) is 2.85. The topological polar surface area (TPSA) is 70.1 Å².